The van der Waals surface area contributed by atoms with Crippen molar-refractivity contribution in [2.75, 3.05) is 26.2 Å². The second kappa shape index (κ2) is 11.1. The van der Waals surface area contributed by atoms with Gasteiger partial charge in [0, 0.05) is 30.3 Å². The van der Waals surface area contributed by atoms with Gasteiger partial charge in [0.2, 0.25) is 0 Å². The number of hydrogen-bond acceptors (Lipinski definition) is 4. The Morgan fingerprint density at radius 1 is 1.06 bits per heavy atom. The molecule has 2 aromatic rings. The molecule has 0 spiro atoms. The van der Waals surface area contributed by atoms with E-state index in [4.69, 9.17) is 9.94 Å². The van der Waals surface area contributed by atoms with Gasteiger partial charge in [0.05, 0.1) is 5.92 Å². The Morgan fingerprint density at radius 3 is 2.48 bits per heavy atom. The molecule has 0 unspecified atom stereocenters. The summed E-state index contributed by atoms with van der Waals surface area (Å²) in [7, 11) is 0. The van der Waals surface area contributed by atoms with Crippen LogP contribution in [0, 0.1) is 29.2 Å². The number of hydrogen-bond donors (Lipinski definition) is 1. The van der Waals surface area contributed by atoms with Gasteiger partial charge in [-0.25, -0.2) is 17.6 Å². The first-order valence-corrected chi connectivity index (χ1v) is 9.41. The van der Waals surface area contributed by atoms with E-state index in [0.29, 0.717) is 32.1 Å². The average molecular weight is 461 g/mol. The third-order valence-corrected chi connectivity index (χ3v) is 4.88. The molecular weight excluding hydrogens is 440 g/mol. The topological polar surface area (TPSA) is 62.1 Å². The first-order valence-electron chi connectivity index (χ1n) is 9.41. The summed E-state index contributed by atoms with van der Waals surface area (Å²) < 4.78 is 55.5. The molecule has 1 N–H and O–H groups in total. The van der Waals surface area contributed by atoms with Crippen LogP contribution in [-0.2, 0) is 9.63 Å². The highest BCUT2D eigenvalue weighted by atomic mass is 35.5. The number of aliphatic carboxylic acids is 1. The summed E-state index contributed by atoms with van der Waals surface area (Å²) in [4.78, 5) is 18.3. The van der Waals surface area contributed by atoms with E-state index in [1.165, 1.54) is 0 Å². The van der Waals surface area contributed by atoms with Gasteiger partial charge in [0.1, 0.15) is 35.6 Å². The lowest BCUT2D eigenvalue weighted by Crippen LogP contribution is -2.40. The van der Waals surface area contributed by atoms with Crippen LogP contribution in [0.3, 0.4) is 0 Å². The van der Waals surface area contributed by atoms with E-state index in [-0.39, 0.29) is 35.9 Å². The highest BCUT2D eigenvalue weighted by molar-refractivity contribution is 6.12. The molecule has 1 aliphatic heterocycles. The van der Waals surface area contributed by atoms with Crippen LogP contribution in [0.15, 0.2) is 41.6 Å². The Balaban J connectivity index is 0.00000341. The molecule has 1 saturated heterocycles. The first-order chi connectivity index (χ1) is 14.3. The maximum absolute atomic E-state index is 14.3. The van der Waals surface area contributed by atoms with Crippen LogP contribution >= 0.6 is 12.4 Å². The van der Waals surface area contributed by atoms with Gasteiger partial charge in [-0.3, -0.25) is 9.69 Å². The van der Waals surface area contributed by atoms with Crippen LogP contribution in [0.2, 0.25) is 0 Å². The van der Waals surface area contributed by atoms with Crippen molar-refractivity contribution in [3.8, 4) is 0 Å². The second-order valence-corrected chi connectivity index (χ2v) is 7.00. The molecule has 1 heterocycles. The van der Waals surface area contributed by atoms with E-state index in [1.54, 1.807) is 0 Å². The van der Waals surface area contributed by atoms with Gasteiger partial charge in [0.25, 0.3) is 0 Å². The molecule has 0 aromatic heterocycles. The minimum atomic E-state index is -0.999. The molecular formula is C21H21ClF4N2O3. The molecule has 0 radical (unpaired) electrons. The van der Waals surface area contributed by atoms with Crippen molar-refractivity contribution in [1.82, 2.24) is 4.90 Å². The summed E-state index contributed by atoms with van der Waals surface area (Å²) in [5.74, 6) is -4.73. The summed E-state index contributed by atoms with van der Waals surface area (Å²) in [5.41, 5.74) is -0.888. The maximum Gasteiger partial charge on any atom is 0.307 e. The van der Waals surface area contributed by atoms with Crippen molar-refractivity contribution in [3.63, 3.8) is 0 Å². The summed E-state index contributed by atoms with van der Waals surface area (Å²) in [6.07, 6.45) is 1.35. The van der Waals surface area contributed by atoms with Crippen molar-refractivity contribution in [3.05, 3.63) is 70.8 Å². The number of carboxylic acids is 1. The predicted octanol–water partition coefficient (Wildman–Crippen LogP) is 4.23. The summed E-state index contributed by atoms with van der Waals surface area (Å²) >= 11 is 0. The molecule has 1 fully saturated rings. The SMILES string of the molecule is Cl.O=C(O)[C@@H]1CCCN(CCON=C(c2ccc(F)cc2F)c2cc(F)ccc2F)C1. The maximum atomic E-state index is 14.3. The number of oxime groups is 1. The van der Waals surface area contributed by atoms with Gasteiger partial charge in [-0.1, -0.05) is 5.16 Å². The quantitative estimate of drug-likeness (QED) is 0.291. The third-order valence-electron chi connectivity index (χ3n) is 4.88. The minimum absolute atomic E-state index is 0. The molecule has 10 heteroatoms. The van der Waals surface area contributed by atoms with Crippen LogP contribution in [0.5, 0.6) is 0 Å². The molecule has 1 aliphatic rings. The Morgan fingerprint density at radius 2 is 1.77 bits per heavy atom. The lowest BCUT2D eigenvalue weighted by atomic mass is 9.98. The van der Waals surface area contributed by atoms with E-state index in [1.807, 2.05) is 4.90 Å². The Kier molecular flexibility index (Phi) is 8.82. The zero-order valence-electron chi connectivity index (χ0n) is 16.4. The fourth-order valence-electron chi connectivity index (χ4n) is 3.34. The Labute approximate surface area is 182 Å². The van der Waals surface area contributed by atoms with Crippen molar-refractivity contribution in [2.45, 2.75) is 12.8 Å². The number of nitrogens with zero attached hydrogens (tertiary/aromatic N) is 2. The zero-order chi connectivity index (χ0) is 21.7. The minimum Gasteiger partial charge on any atom is -0.481 e. The fraction of sp³-hybridized carbons (Fsp3) is 0.333. The number of carboxylic acid groups (broad SMARTS) is 1. The summed E-state index contributed by atoms with van der Waals surface area (Å²) in [5, 5.41) is 12.9. The number of rotatable bonds is 7. The second-order valence-electron chi connectivity index (χ2n) is 7.00. The largest absolute Gasteiger partial charge is 0.481 e. The van der Waals surface area contributed by atoms with Crippen molar-refractivity contribution in [2.24, 2.45) is 11.1 Å². The van der Waals surface area contributed by atoms with Crippen LogP contribution in [-0.4, -0.2) is 47.9 Å². The predicted molar refractivity (Wildman–Crippen MR) is 108 cm³/mol. The van der Waals surface area contributed by atoms with Gasteiger partial charge < -0.3 is 9.94 Å². The summed E-state index contributed by atoms with van der Waals surface area (Å²) in [6, 6.07) is 5.30. The van der Waals surface area contributed by atoms with E-state index < -0.39 is 35.2 Å². The highest BCUT2D eigenvalue weighted by Gasteiger charge is 2.25. The van der Waals surface area contributed by atoms with Crippen LogP contribution < -0.4 is 0 Å². The van der Waals surface area contributed by atoms with Gasteiger partial charge in [-0.2, -0.15) is 0 Å². The smallest absolute Gasteiger partial charge is 0.307 e. The molecule has 2 aromatic carbocycles. The highest BCUT2D eigenvalue weighted by Crippen LogP contribution is 2.20. The normalized spacial score (nSPS) is 17.2. The Bertz CT molecular complexity index is 958. The number of benzene rings is 2. The lowest BCUT2D eigenvalue weighted by molar-refractivity contribution is -0.143. The first kappa shape index (κ1) is 24.6. The third kappa shape index (κ3) is 6.41. The van der Waals surface area contributed by atoms with Crippen molar-refractivity contribution >= 4 is 24.1 Å². The molecule has 3 rings (SSSR count). The molecule has 0 amide bonds. The van der Waals surface area contributed by atoms with Crippen LogP contribution in [0.4, 0.5) is 17.6 Å². The van der Waals surface area contributed by atoms with Crippen LogP contribution in [0.25, 0.3) is 0 Å². The average Bonchev–Trinajstić information content (AvgIpc) is 2.71. The van der Waals surface area contributed by atoms with Gasteiger partial charge >= 0.3 is 5.97 Å². The number of carbonyl (C=O) groups is 1. The Hall–Kier alpha value is -2.65. The van der Waals surface area contributed by atoms with Crippen molar-refractivity contribution < 1.29 is 32.3 Å². The van der Waals surface area contributed by atoms with Gasteiger partial charge in [-0.05, 0) is 49.7 Å². The molecule has 5 nitrogen and oxygen atoms in total. The van der Waals surface area contributed by atoms with E-state index in [9.17, 15) is 22.4 Å². The number of likely N-dealkylation sites (tertiary alicyclic amines) is 1. The lowest BCUT2D eigenvalue weighted by Gasteiger charge is -2.29. The fourth-order valence-corrected chi connectivity index (χ4v) is 3.34. The van der Waals surface area contributed by atoms with Gasteiger partial charge in [-0.15, -0.1) is 12.4 Å². The monoisotopic (exact) mass is 460 g/mol. The molecule has 0 aliphatic carbocycles. The molecule has 0 bridgehead atoms. The summed E-state index contributed by atoms with van der Waals surface area (Å²) in [6.45, 7) is 1.46. The molecule has 1 atom stereocenters. The number of halogens is 5. The standard InChI is InChI=1S/C21H20F4N2O3.ClH/c22-14-4-6-18(24)17(10-14)20(16-5-3-15(23)11-19(16)25)26-30-9-8-27-7-1-2-13(12-27)21(28)29;/h3-6,10-11,13H,1-2,7-9,12H2,(H,28,29);1H/t13-;/m1./s1. The van der Waals surface area contributed by atoms with E-state index in [0.717, 1.165) is 36.8 Å². The molecule has 31 heavy (non-hydrogen) atoms. The van der Waals surface area contributed by atoms with E-state index in [2.05, 4.69) is 5.16 Å². The van der Waals surface area contributed by atoms with E-state index >= 15 is 0 Å². The van der Waals surface area contributed by atoms with Crippen molar-refractivity contribution in [1.29, 1.82) is 0 Å². The van der Waals surface area contributed by atoms with Gasteiger partial charge in [0.15, 0.2) is 0 Å². The number of piperidine rings is 1. The zero-order valence-corrected chi connectivity index (χ0v) is 17.2. The molecule has 0 saturated carbocycles. The van der Waals surface area contributed by atoms with Crippen LogP contribution in [0.1, 0.15) is 24.0 Å². The molecule has 168 valence electrons.